The maximum atomic E-state index is 11.6. The van der Waals surface area contributed by atoms with Crippen LogP contribution in [0, 0.1) is 12.8 Å². The molecule has 0 aromatic heterocycles. The van der Waals surface area contributed by atoms with Gasteiger partial charge in [-0.25, -0.2) is 0 Å². The van der Waals surface area contributed by atoms with E-state index < -0.39 is 0 Å². The SMILES string of the molecule is Cc1cc(/C(N)=N/O)ccc1CNCC(=O)NCC(C)C. The topological polar surface area (TPSA) is 99.7 Å². The molecule has 1 aromatic carbocycles. The minimum absolute atomic E-state index is 0.00497. The van der Waals surface area contributed by atoms with Crippen LogP contribution in [0.15, 0.2) is 23.4 Å². The molecular weight excluding hydrogens is 268 g/mol. The lowest BCUT2D eigenvalue weighted by molar-refractivity contribution is -0.120. The van der Waals surface area contributed by atoms with Crippen molar-refractivity contribution in [3.63, 3.8) is 0 Å². The van der Waals surface area contributed by atoms with Crippen molar-refractivity contribution in [2.45, 2.75) is 27.3 Å². The molecule has 0 aliphatic heterocycles. The van der Waals surface area contributed by atoms with Crippen molar-refractivity contribution in [2.24, 2.45) is 16.8 Å². The van der Waals surface area contributed by atoms with E-state index in [0.29, 0.717) is 24.6 Å². The van der Waals surface area contributed by atoms with Crippen molar-refractivity contribution >= 4 is 11.7 Å². The normalized spacial score (nSPS) is 11.7. The highest BCUT2D eigenvalue weighted by molar-refractivity contribution is 5.97. The molecule has 0 aliphatic carbocycles. The van der Waals surface area contributed by atoms with Crippen molar-refractivity contribution in [3.05, 3.63) is 34.9 Å². The van der Waals surface area contributed by atoms with E-state index in [1.54, 1.807) is 6.07 Å². The van der Waals surface area contributed by atoms with Crippen LogP contribution in [-0.2, 0) is 11.3 Å². The molecule has 5 N–H and O–H groups in total. The highest BCUT2D eigenvalue weighted by Gasteiger charge is 2.05. The Labute approximate surface area is 125 Å². The van der Waals surface area contributed by atoms with Crippen molar-refractivity contribution in [1.29, 1.82) is 0 Å². The summed E-state index contributed by atoms with van der Waals surface area (Å²) in [5.41, 5.74) is 8.31. The fourth-order valence-corrected chi connectivity index (χ4v) is 1.80. The van der Waals surface area contributed by atoms with Gasteiger partial charge >= 0.3 is 0 Å². The first kappa shape index (κ1) is 17.0. The number of oxime groups is 1. The number of nitrogens with two attached hydrogens (primary N) is 1. The molecule has 6 nitrogen and oxygen atoms in total. The number of nitrogens with one attached hydrogen (secondary N) is 2. The Balaban J connectivity index is 2.47. The summed E-state index contributed by atoms with van der Waals surface area (Å²) in [7, 11) is 0. The van der Waals surface area contributed by atoms with Gasteiger partial charge in [0.25, 0.3) is 0 Å². The molecule has 0 radical (unpaired) electrons. The minimum atomic E-state index is -0.00497. The highest BCUT2D eigenvalue weighted by atomic mass is 16.4. The maximum absolute atomic E-state index is 11.6. The van der Waals surface area contributed by atoms with E-state index in [1.165, 1.54) is 0 Å². The molecule has 0 unspecified atom stereocenters. The lowest BCUT2D eigenvalue weighted by Crippen LogP contribution is -2.35. The summed E-state index contributed by atoms with van der Waals surface area (Å²) in [5.74, 6) is 0.530. The van der Waals surface area contributed by atoms with E-state index >= 15 is 0 Å². The quantitative estimate of drug-likeness (QED) is 0.260. The number of carbonyl (C=O) groups is 1. The van der Waals surface area contributed by atoms with Gasteiger partial charge in [0.2, 0.25) is 5.91 Å². The second kappa shape index (κ2) is 8.26. The van der Waals surface area contributed by atoms with Gasteiger partial charge in [-0.2, -0.15) is 0 Å². The summed E-state index contributed by atoms with van der Waals surface area (Å²) in [6.45, 7) is 7.63. The molecule has 1 aromatic rings. The van der Waals surface area contributed by atoms with Gasteiger partial charge in [0, 0.05) is 18.7 Å². The molecule has 0 atom stereocenters. The third-order valence-corrected chi connectivity index (χ3v) is 3.05. The third kappa shape index (κ3) is 5.83. The molecule has 0 bridgehead atoms. The van der Waals surface area contributed by atoms with Crippen LogP contribution in [0.1, 0.15) is 30.5 Å². The Hall–Kier alpha value is -2.08. The van der Waals surface area contributed by atoms with E-state index in [9.17, 15) is 4.79 Å². The lowest BCUT2D eigenvalue weighted by Gasteiger charge is -2.10. The predicted molar refractivity (Wildman–Crippen MR) is 83.2 cm³/mol. The van der Waals surface area contributed by atoms with Gasteiger partial charge in [0.1, 0.15) is 0 Å². The first-order valence-electron chi connectivity index (χ1n) is 6.99. The summed E-state index contributed by atoms with van der Waals surface area (Å²) in [6.07, 6.45) is 0. The number of benzene rings is 1. The van der Waals surface area contributed by atoms with Crippen molar-refractivity contribution in [1.82, 2.24) is 10.6 Å². The van der Waals surface area contributed by atoms with Crippen molar-refractivity contribution < 1.29 is 10.0 Å². The van der Waals surface area contributed by atoms with Crippen LogP contribution in [-0.4, -0.2) is 30.0 Å². The Bertz CT molecular complexity index is 512. The number of hydrogen-bond donors (Lipinski definition) is 4. The molecule has 0 heterocycles. The Morgan fingerprint density at radius 2 is 2.14 bits per heavy atom. The van der Waals surface area contributed by atoms with E-state index in [4.69, 9.17) is 10.9 Å². The largest absolute Gasteiger partial charge is 0.409 e. The first-order valence-corrected chi connectivity index (χ1v) is 6.99. The van der Waals surface area contributed by atoms with Crippen molar-refractivity contribution in [2.75, 3.05) is 13.1 Å². The van der Waals surface area contributed by atoms with Crippen LogP contribution in [0.3, 0.4) is 0 Å². The predicted octanol–water partition coefficient (Wildman–Crippen LogP) is 0.951. The Morgan fingerprint density at radius 1 is 1.43 bits per heavy atom. The standard InChI is InChI=1S/C15H24N4O2/c1-10(2)7-18-14(20)9-17-8-13-5-4-12(6-11(13)3)15(16)19-21/h4-6,10,17,21H,7-9H2,1-3H3,(H2,16,19)(H,18,20). The second-order valence-electron chi connectivity index (χ2n) is 5.43. The van der Waals surface area contributed by atoms with Crippen LogP contribution in [0.4, 0.5) is 0 Å². The van der Waals surface area contributed by atoms with Gasteiger partial charge in [-0.3, -0.25) is 4.79 Å². The number of carbonyl (C=O) groups excluding carboxylic acids is 1. The van der Waals surface area contributed by atoms with E-state index in [2.05, 4.69) is 29.6 Å². The molecule has 1 rings (SSSR count). The molecule has 116 valence electrons. The number of nitrogens with zero attached hydrogens (tertiary/aromatic N) is 1. The summed E-state index contributed by atoms with van der Waals surface area (Å²) >= 11 is 0. The van der Waals surface area contributed by atoms with Gasteiger partial charge in [-0.1, -0.05) is 31.1 Å². The summed E-state index contributed by atoms with van der Waals surface area (Å²) in [5, 5.41) is 17.6. The van der Waals surface area contributed by atoms with Gasteiger partial charge in [0.15, 0.2) is 5.84 Å². The Kier molecular flexibility index (Phi) is 6.68. The lowest BCUT2D eigenvalue weighted by atomic mass is 10.0. The van der Waals surface area contributed by atoms with Gasteiger partial charge < -0.3 is 21.6 Å². The monoisotopic (exact) mass is 292 g/mol. The molecule has 0 aliphatic rings. The average molecular weight is 292 g/mol. The fourth-order valence-electron chi connectivity index (χ4n) is 1.80. The summed E-state index contributed by atoms with van der Waals surface area (Å²) < 4.78 is 0. The molecule has 1 amide bonds. The summed E-state index contributed by atoms with van der Waals surface area (Å²) in [6, 6.07) is 5.55. The molecule has 21 heavy (non-hydrogen) atoms. The van der Waals surface area contributed by atoms with Gasteiger partial charge in [0.05, 0.1) is 6.54 Å². The molecular formula is C15H24N4O2. The zero-order valence-electron chi connectivity index (χ0n) is 12.8. The average Bonchev–Trinajstić information content (AvgIpc) is 2.45. The van der Waals surface area contributed by atoms with E-state index in [-0.39, 0.29) is 18.3 Å². The molecule has 0 saturated carbocycles. The maximum Gasteiger partial charge on any atom is 0.233 e. The van der Waals surface area contributed by atoms with E-state index in [1.807, 2.05) is 19.1 Å². The third-order valence-electron chi connectivity index (χ3n) is 3.05. The molecule has 0 fully saturated rings. The molecule has 0 saturated heterocycles. The van der Waals surface area contributed by atoms with Crippen LogP contribution >= 0.6 is 0 Å². The van der Waals surface area contributed by atoms with Crippen LogP contribution < -0.4 is 16.4 Å². The number of hydrogen-bond acceptors (Lipinski definition) is 4. The zero-order valence-corrected chi connectivity index (χ0v) is 12.8. The fraction of sp³-hybridized carbons (Fsp3) is 0.467. The molecule has 0 spiro atoms. The van der Waals surface area contributed by atoms with Crippen molar-refractivity contribution in [3.8, 4) is 0 Å². The smallest absolute Gasteiger partial charge is 0.233 e. The van der Waals surface area contributed by atoms with Crippen LogP contribution in [0.2, 0.25) is 0 Å². The minimum Gasteiger partial charge on any atom is -0.409 e. The van der Waals surface area contributed by atoms with Crippen LogP contribution in [0.25, 0.3) is 0 Å². The van der Waals surface area contributed by atoms with Gasteiger partial charge in [-0.15, -0.1) is 0 Å². The second-order valence-corrected chi connectivity index (χ2v) is 5.43. The Morgan fingerprint density at radius 3 is 2.71 bits per heavy atom. The van der Waals surface area contributed by atoms with Gasteiger partial charge in [-0.05, 0) is 30.0 Å². The first-order chi connectivity index (χ1) is 9.93. The zero-order chi connectivity index (χ0) is 15.8. The summed E-state index contributed by atoms with van der Waals surface area (Å²) in [4.78, 5) is 11.6. The highest BCUT2D eigenvalue weighted by Crippen LogP contribution is 2.10. The number of amides is 1. The number of aryl methyl sites for hydroxylation is 1. The number of amidine groups is 1. The molecule has 6 heteroatoms. The van der Waals surface area contributed by atoms with Crippen LogP contribution in [0.5, 0.6) is 0 Å². The van der Waals surface area contributed by atoms with E-state index in [0.717, 1.165) is 11.1 Å². The number of rotatable bonds is 7.